The first kappa shape index (κ1) is 16.2. The molecule has 126 valence electrons. The maximum absolute atomic E-state index is 8.94. The molecular formula is C18H22N4S2. The average Bonchev–Trinajstić information content (AvgIpc) is 2.97. The van der Waals surface area contributed by atoms with Crippen LogP contribution in [-0.2, 0) is 13.1 Å². The Kier molecular flexibility index (Phi) is 4.44. The molecule has 1 atom stereocenters. The Morgan fingerprint density at radius 1 is 1.42 bits per heavy atom. The summed E-state index contributed by atoms with van der Waals surface area (Å²) >= 11 is 3.47. The van der Waals surface area contributed by atoms with Crippen LogP contribution in [0.1, 0.15) is 34.7 Å². The first-order valence-corrected chi connectivity index (χ1v) is 10.2. The molecule has 3 heterocycles. The molecule has 0 bridgehead atoms. The Balaban J connectivity index is 1.28. The minimum absolute atomic E-state index is 0.551. The standard InChI is InChI=1S/C18H22N4S2/c1-21(12-17-20-4-7-23-17)16-9-18(16)2-5-22(6-3-18)11-15-8-14(10-19)13-24-15/h4,7-8,13,16H,2-3,5-6,9,11-12H2,1H3. The molecular weight excluding hydrogens is 336 g/mol. The van der Waals surface area contributed by atoms with E-state index in [9.17, 15) is 0 Å². The molecule has 6 heteroatoms. The molecule has 0 N–H and O–H groups in total. The Bertz CT molecular complexity index is 723. The molecule has 2 aliphatic rings. The van der Waals surface area contributed by atoms with Crippen molar-refractivity contribution in [2.75, 3.05) is 20.1 Å². The fourth-order valence-electron chi connectivity index (χ4n) is 4.04. The molecule has 0 radical (unpaired) electrons. The van der Waals surface area contributed by atoms with E-state index in [1.54, 1.807) is 22.7 Å². The van der Waals surface area contributed by atoms with Gasteiger partial charge in [0.15, 0.2) is 0 Å². The monoisotopic (exact) mass is 358 g/mol. The minimum atomic E-state index is 0.551. The summed E-state index contributed by atoms with van der Waals surface area (Å²) in [5.74, 6) is 0. The molecule has 4 nitrogen and oxygen atoms in total. The first-order chi connectivity index (χ1) is 11.7. The van der Waals surface area contributed by atoms with Gasteiger partial charge in [-0.15, -0.1) is 22.7 Å². The molecule has 1 unspecified atom stereocenters. The highest BCUT2D eigenvalue weighted by atomic mass is 32.1. The van der Waals surface area contributed by atoms with Crippen molar-refractivity contribution in [2.24, 2.45) is 5.41 Å². The number of aromatic nitrogens is 1. The van der Waals surface area contributed by atoms with E-state index in [1.807, 2.05) is 17.6 Å². The van der Waals surface area contributed by atoms with E-state index >= 15 is 0 Å². The fourth-order valence-corrected chi connectivity index (χ4v) is 5.57. The van der Waals surface area contributed by atoms with Crippen molar-refractivity contribution in [3.8, 4) is 6.07 Å². The van der Waals surface area contributed by atoms with Gasteiger partial charge in [-0.2, -0.15) is 5.26 Å². The predicted molar refractivity (Wildman–Crippen MR) is 98.0 cm³/mol. The largest absolute Gasteiger partial charge is 0.298 e. The SMILES string of the molecule is CN(Cc1nccs1)C1CC12CCN(Cc1cc(C#N)cs1)CC2. The molecule has 4 rings (SSSR count). The van der Waals surface area contributed by atoms with Crippen LogP contribution in [0, 0.1) is 16.7 Å². The Labute approximate surface area is 151 Å². The molecule has 2 aromatic heterocycles. The van der Waals surface area contributed by atoms with Crippen LogP contribution in [0.25, 0.3) is 0 Å². The molecule has 1 spiro atoms. The van der Waals surface area contributed by atoms with Gasteiger partial charge in [0, 0.05) is 34.4 Å². The van der Waals surface area contributed by atoms with Crippen molar-refractivity contribution in [3.63, 3.8) is 0 Å². The van der Waals surface area contributed by atoms with Gasteiger partial charge in [-0.25, -0.2) is 4.98 Å². The molecule has 2 fully saturated rings. The van der Waals surface area contributed by atoms with E-state index in [0.717, 1.165) is 24.7 Å². The van der Waals surface area contributed by atoms with E-state index < -0.39 is 0 Å². The lowest BCUT2D eigenvalue weighted by Crippen LogP contribution is -2.37. The molecule has 24 heavy (non-hydrogen) atoms. The third-order valence-corrected chi connectivity index (χ3v) is 7.25. The predicted octanol–water partition coefficient (Wildman–Crippen LogP) is 3.56. The number of rotatable bonds is 5. The lowest BCUT2D eigenvalue weighted by Gasteiger charge is -2.33. The Morgan fingerprint density at radius 2 is 2.25 bits per heavy atom. The van der Waals surface area contributed by atoms with Crippen LogP contribution in [0.5, 0.6) is 0 Å². The number of thiazole rings is 1. The van der Waals surface area contributed by atoms with Crippen LogP contribution in [0.15, 0.2) is 23.0 Å². The smallest absolute Gasteiger partial charge is 0.107 e. The van der Waals surface area contributed by atoms with Gasteiger partial charge >= 0.3 is 0 Å². The number of thiophene rings is 1. The van der Waals surface area contributed by atoms with Crippen molar-refractivity contribution in [2.45, 2.75) is 38.4 Å². The summed E-state index contributed by atoms with van der Waals surface area (Å²) in [6, 6.07) is 5.00. The minimum Gasteiger partial charge on any atom is -0.298 e. The molecule has 0 aromatic carbocycles. The van der Waals surface area contributed by atoms with Crippen molar-refractivity contribution in [1.29, 1.82) is 5.26 Å². The maximum Gasteiger partial charge on any atom is 0.107 e. The van der Waals surface area contributed by atoms with Gasteiger partial charge in [-0.1, -0.05) is 0 Å². The van der Waals surface area contributed by atoms with E-state index in [-0.39, 0.29) is 0 Å². The summed E-state index contributed by atoms with van der Waals surface area (Å²) in [6.45, 7) is 4.35. The summed E-state index contributed by atoms with van der Waals surface area (Å²) in [5, 5.41) is 14.2. The molecule has 1 aliphatic carbocycles. The van der Waals surface area contributed by atoms with Crippen molar-refractivity contribution in [1.82, 2.24) is 14.8 Å². The number of likely N-dealkylation sites (tertiary alicyclic amines) is 1. The fraction of sp³-hybridized carbons (Fsp3) is 0.556. The number of nitrogens with zero attached hydrogens (tertiary/aromatic N) is 4. The van der Waals surface area contributed by atoms with E-state index in [0.29, 0.717) is 5.41 Å². The van der Waals surface area contributed by atoms with Gasteiger partial charge < -0.3 is 0 Å². The molecule has 1 aliphatic heterocycles. The Hall–Kier alpha value is -1.26. The highest BCUT2D eigenvalue weighted by molar-refractivity contribution is 7.10. The third kappa shape index (κ3) is 3.27. The average molecular weight is 359 g/mol. The maximum atomic E-state index is 8.94. The van der Waals surface area contributed by atoms with Crippen LogP contribution in [0.4, 0.5) is 0 Å². The van der Waals surface area contributed by atoms with E-state index in [4.69, 9.17) is 5.26 Å². The van der Waals surface area contributed by atoms with Gasteiger partial charge in [0.2, 0.25) is 0 Å². The summed E-state index contributed by atoms with van der Waals surface area (Å²) in [4.78, 5) is 10.8. The summed E-state index contributed by atoms with van der Waals surface area (Å²) in [6.07, 6.45) is 5.85. The highest BCUT2D eigenvalue weighted by Crippen LogP contribution is 2.56. The zero-order valence-electron chi connectivity index (χ0n) is 13.9. The van der Waals surface area contributed by atoms with E-state index in [1.165, 1.54) is 42.2 Å². The van der Waals surface area contributed by atoms with Gasteiger partial charge in [0.25, 0.3) is 0 Å². The van der Waals surface area contributed by atoms with Crippen molar-refractivity contribution in [3.05, 3.63) is 38.5 Å². The lowest BCUT2D eigenvalue weighted by atomic mass is 9.92. The molecule has 2 aromatic rings. The zero-order chi connectivity index (χ0) is 16.6. The first-order valence-electron chi connectivity index (χ1n) is 8.47. The van der Waals surface area contributed by atoms with Crippen LogP contribution < -0.4 is 0 Å². The highest BCUT2D eigenvalue weighted by Gasteiger charge is 2.56. The van der Waals surface area contributed by atoms with Crippen LogP contribution in [0.3, 0.4) is 0 Å². The van der Waals surface area contributed by atoms with Gasteiger partial charge in [-0.3, -0.25) is 9.80 Å². The molecule has 1 saturated heterocycles. The second kappa shape index (κ2) is 6.57. The topological polar surface area (TPSA) is 43.2 Å². The number of hydrogen-bond acceptors (Lipinski definition) is 6. The quantitative estimate of drug-likeness (QED) is 0.820. The van der Waals surface area contributed by atoms with E-state index in [2.05, 4.69) is 33.3 Å². The normalized spacial score (nSPS) is 22.8. The van der Waals surface area contributed by atoms with Crippen molar-refractivity contribution < 1.29 is 0 Å². The van der Waals surface area contributed by atoms with Crippen LogP contribution in [-0.4, -0.2) is 41.0 Å². The summed E-state index contributed by atoms with van der Waals surface area (Å²) in [5.41, 5.74) is 1.35. The van der Waals surface area contributed by atoms with Gasteiger partial charge in [0.1, 0.15) is 11.1 Å². The number of piperidine rings is 1. The summed E-state index contributed by atoms with van der Waals surface area (Å²) in [7, 11) is 2.25. The lowest BCUT2D eigenvalue weighted by molar-refractivity contribution is 0.140. The third-order valence-electron chi connectivity index (χ3n) is 5.56. The van der Waals surface area contributed by atoms with Crippen molar-refractivity contribution >= 4 is 22.7 Å². The second-order valence-corrected chi connectivity index (χ2v) is 9.09. The number of nitriles is 1. The zero-order valence-corrected chi connectivity index (χ0v) is 15.6. The molecule has 1 saturated carbocycles. The van der Waals surface area contributed by atoms with Crippen LogP contribution in [0.2, 0.25) is 0 Å². The second-order valence-electron chi connectivity index (χ2n) is 7.11. The number of hydrogen-bond donors (Lipinski definition) is 0. The molecule has 0 amide bonds. The summed E-state index contributed by atoms with van der Waals surface area (Å²) < 4.78 is 0. The van der Waals surface area contributed by atoms with Gasteiger partial charge in [-0.05, 0) is 50.9 Å². The Morgan fingerprint density at radius 3 is 2.92 bits per heavy atom. The van der Waals surface area contributed by atoms with Crippen LogP contribution >= 0.6 is 22.7 Å². The van der Waals surface area contributed by atoms with Gasteiger partial charge in [0.05, 0.1) is 12.1 Å².